The van der Waals surface area contributed by atoms with Crippen LogP contribution in [0.25, 0.3) is 0 Å². The zero-order chi connectivity index (χ0) is 22.4. The number of sulfonamides is 1. The quantitative estimate of drug-likeness (QED) is 0.479. The van der Waals surface area contributed by atoms with Crippen molar-refractivity contribution in [3.8, 4) is 5.75 Å². The van der Waals surface area contributed by atoms with Crippen molar-refractivity contribution in [2.24, 2.45) is 0 Å². The van der Waals surface area contributed by atoms with Crippen LogP contribution >= 0.6 is 0 Å². The second-order valence-electron chi connectivity index (χ2n) is 7.86. The summed E-state index contributed by atoms with van der Waals surface area (Å²) in [6, 6.07) is 17.8. The summed E-state index contributed by atoms with van der Waals surface area (Å²) < 4.78 is 33.8. The highest BCUT2D eigenvalue weighted by atomic mass is 32.2. The number of piperidine rings is 1. The first-order chi connectivity index (χ1) is 15.5. The molecule has 2 aromatic carbocycles. The third kappa shape index (κ3) is 5.23. The molecule has 0 spiro atoms. The Kier molecular flexibility index (Phi) is 6.97. The van der Waals surface area contributed by atoms with Crippen LogP contribution < -0.4 is 4.74 Å². The molecule has 0 N–H and O–H groups in total. The summed E-state index contributed by atoms with van der Waals surface area (Å²) in [5.74, 6) is 0.164. The van der Waals surface area contributed by atoms with Gasteiger partial charge in [0.1, 0.15) is 12.4 Å². The third-order valence-electron chi connectivity index (χ3n) is 5.53. The summed E-state index contributed by atoms with van der Waals surface area (Å²) in [6.07, 6.45) is 6.13. The van der Waals surface area contributed by atoms with Crippen LogP contribution in [0.4, 0.5) is 0 Å². The molecule has 0 aliphatic carbocycles. The lowest BCUT2D eigenvalue weighted by Crippen LogP contribution is -2.35. The summed E-state index contributed by atoms with van der Waals surface area (Å²) in [5.41, 5.74) is 1.99. The third-order valence-corrected chi connectivity index (χ3v) is 7.42. The fraction of sp³-hybridized carbons (Fsp3) is 0.280. The molecule has 1 aromatic heterocycles. The molecule has 0 saturated carbocycles. The molecule has 2 heterocycles. The van der Waals surface area contributed by atoms with E-state index in [-0.39, 0.29) is 29.3 Å². The number of ketones is 1. The van der Waals surface area contributed by atoms with Gasteiger partial charge in [-0.05, 0) is 48.2 Å². The summed E-state index contributed by atoms with van der Waals surface area (Å²) in [7, 11) is -3.66. The zero-order valence-electron chi connectivity index (χ0n) is 17.8. The van der Waals surface area contributed by atoms with E-state index in [0.717, 1.165) is 30.4 Å². The lowest BCUT2D eigenvalue weighted by molar-refractivity contribution is 0.0988. The molecule has 1 fully saturated rings. The monoisotopic (exact) mass is 450 g/mol. The summed E-state index contributed by atoms with van der Waals surface area (Å²) >= 11 is 0. The zero-order valence-corrected chi connectivity index (χ0v) is 18.6. The van der Waals surface area contributed by atoms with Gasteiger partial charge < -0.3 is 4.74 Å². The maximum absolute atomic E-state index is 13.2. The van der Waals surface area contributed by atoms with Crippen LogP contribution in [0.1, 0.15) is 40.7 Å². The minimum absolute atomic E-state index is 0.114. The first-order valence-corrected chi connectivity index (χ1v) is 12.2. The number of nitrogens with zero attached hydrogens (tertiary/aromatic N) is 2. The van der Waals surface area contributed by atoms with E-state index >= 15 is 0 Å². The van der Waals surface area contributed by atoms with Gasteiger partial charge in [0, 0.05) is 31.9 Å². The average Bonchev–Trinajstić information content (AvgIpc) is 2.84. The number of pyridine rings is 1. The van der Waals surface area contributed by atoms with Gasteiger partial charge in [-0.2, -0.15) is 4.31 Å². The van der Waals surface area contributed by atoms with E-state index in [1.54, 1.807) is 24.5 Å². The summed E-state index contributed by atoms with van der Waals surface area (Å²) in [6.45, 7) is 1.30. The molecule has 4 rings (SSSR count). The van der Waals surface area contributed by atoms with Gasteiger partial charge in [0.15, 0.2) is 5.78 Å². The second kappa shape index (κ2) is 10.1. The van der Waals surface area contributed by atoms with Crippen LogP contribution in [0.3, 0.4) is 0 Å². The van der Waals surface area contributed by atoms with Crippen molar-refractivity contribution in [3.05, 3.63) is 89.7 Å². The van der Waals surface area contributed by atoms with Crippen LogP contribution in [0.15, 0.2) is 78.0 Å². The molecule has 1 aliphatic heterocycles. The van der Waals surface area contributed by atoms with Crippen LogP contribution in [0.2, 0.25) is 0 Å². The molecule has 0 amide bonds. The maximum Gasteiger partial charge on any atom is 0.243 e. The summed E-state index contributed by atoms with van der Waals surface area (Å²) in [4.78, 5) is 17.4. The van der Waals surface area contributed by atoms with Gasteiger partial charge in [-0.1, -0.05) is 42.8 Å². The topological polar surface area (TPSA) is 76.6 Å². The van der Waals surface area contributed by atoms with Crippen molar-refractivity contribution in [3.63, 3.8) is 0 Å². The lowest BCUT2D eigenvalue weighted by Gasteiger charge is -2.26. The molecule has 1 aliphatic rings. The van der Waals surface area contributed by atoms with Crippen LogP contribution in [-0.2, 0) is 23.1 Å². The Labute approximate surface area is 188 Å². The molecule has 1 saturated heterocycles. The van der Waals surface area contributed by atoms with Crippen molar-refractivity contribution in [1.82, 2.24) is 9.29 Å². The molecule has 0 atom stereocenters. The van der Waals surface area contributed by atoms with Crippen molar-refractivity contribution in [2.75, 3.05) is 13.1 Å². The van der Waals surface area contributed by atoms with E-state index < -0.39 is 10.0 Å². The van der Waals surface area contributed by atoms with E-state index in [0.29, 0.717) is 18.8 Å². The number of Topliss-reactive ketones (excluding diaryl/α,β-unsaturated/α-hetero) is 1. The minimum Gasteiger partial charge on any atom is -0.488 e. The van der Waals surface area contributed by atoms with Crippen molar-refractivity contribution in [1.29, 1.82) is 0 Å². The Morgan fingerprint density at radius 1 is 0.938 bits per heavy atom. The van der Waals surface area contributed by atoms with Gasteiger partial charge >= 0.3 is 0 Å². The van der Waals surface area contributed by atoms with Gasteiger partial charge in [-0.3, -0.25) is 9.78 Å². The molecule has 6 nitrogen and oxygen atoms in total. The largest absolute Gasteiger partial charge is 0.488 e. The second-order valence-corrected chi connectivity index (χ2v) is 9.80. The smallest absolute Gasteiger partial charge is 0.243 e. The molecular weight excluding hydrogens is 424 g/mol. The Hall–Kier alpha value is -3.03. The molecule has 0 bridgehead atoms. The number of carbonyl (C=O) groups is 1. The first kappa shape index (κ1) is 22.2. The first-order valence-electron chi connectivity index (χ1n) is 10.8. The fourth-order valence-electron chi connectivity index (χ4n) is 3.79. The standard InChI is InChI=1S/C25H26N2O4S/c28-24(16-21-10-7-13-26-18-21)23-17-22(32(29,30)27-14-5-2-6-15-27)11-12-25(23)31-19-20-8-3-1-4-9-20/h1,3-4,7-13,17-18H,2,5-6,14-16,19H2. The van der Waals surface area contributed by atoms with Crippen LogP contribution in [-0.4, -0.2) is 36.6 Å². The highest BCUT2D eigenvalue weighted by molar-refractivity contribution is 7.89. The Balaban J connectivity index is 1.65. The highest BCUT2D eigenvalue weighted by Crippen LogP contribution is 2.28. The molecule has 0 radical (unpaired) electrons. The van der Waals surface area contributed by atoms with E-state index in [9.17, 15) is 13.2 Å². The van der Waals surface area contributed by atoms with Crippen LogP contribution in [0, 0.1) is 0 Å². The van der Waals surface area contributed by atoms with Gasteiger partial charge in [0.05, 0.1) is 10.5 Å². The molecule has 3 aromatic rings. The highest BCUT2D eigenvalue weighted by Gasteiger charge is 2.27. The molecule has 7 heteroatoms. The molecule has 0 unspecified atom stereocenters. The molecule has 166 valence electrons. The summed E-state index contributed by atoms with van der Waals surface area (Å²) in [5, 5.41) is 0. The number of hydrogen-bond donors (Lipinski definition) is 0. The number of ether oxygens (including phenoxy) is 1. The van der Waals surface area contributed by atoms with E-state index in [2.05, 4.69) is 4.98 Å². The predicted molar refractivity (Wildman–Crippen MR) is 122 cm³/mol. The Morgan fingerprint density at radius 3 is 2.41 bits per heavy atom. The minimum atomic E-state index is -3.66. The van der Waals surface area contributed by atoms with E-state index in [1.165, 1.54) is 16.4 Å². The number of rotatable bonds is 8. The number of carbonyl (C=O) groups excluding carboxylic acids is 1. The van der Waals surface area contributed by atoms with Crippen molar-refractivity contribution < 1.29 is 17.9 Å². The SMILES string of the molecule is O=C(Cc1cccnc1)c1cc(S(=O)(=O)N2CCCCC2)ccc1OCc1ccccc1. The van der Waals surface area contributed by atoms with Gasteiger partial charge in [-0.25, -0.2) is 8.42 Å². The maximum atomic E-state index is 13.2. The molecule has 32 heavy (non-hydrogen) atoms. The van der Waals surface area contributed by atoms with E-state index in [1.807, 2.05) is 36.4 Å². The normalized spacial score (nSPS) is 14.8. The number of benzene rings is 2. The van der Waals surface area contributed by atoms with Gasteiger partial charge in [0.25, 0.3) is 0 Å². The average molecular weight is 451 g/mol. The fourth-order valence-corrected chi connectivity index (χ4v) is 5.33. The Bertz CT molecular complexity index is 1160. The Morgan fingerprint density at radius 2 is 1.69 bits per heavy atom. The van der Waals surface area contributed by atoms with Crippen LogP contribution in [0.5, 0.6) is 5.75 Å². The van der Waals surface area contributed by atoms with Gasteiger partial charge in [0.2, 0.25) is 10.0 Å². The number of aromatic nitrogens is 1. The van der Waals surface area contributed by atoms with Gasteiger partial charge in [-0.15, -0.1) is 0 Å². The molecular formula is C25H26N2O4S. The van der Waals surface area contributed by atoms with Crippen molar-refractivity contribution >= 4 is 15.8 Å². The van der Waals surface area contributed by atoms with Crippen molar-refractivity contribution in [2.45, 2.75) is 37.2 Å². The number of hydrogen-bond acceptors (Lipinski definition) is 5. The lowest BCUT2D eigenvalue weighted by atomic mass is 10.0. The van der Waals surface area contributed by atoms with E-state index in [4.69, 9.17) is 4.74 Å². The predicted octanol–water partition coefficient (Wildman–Crippen LogP) is 4.26.